The van der Waals surface area contributed by atoms with Crippen LogP contribution in [0.3, 0.4) is 0 Å². The highest BCUT2D eigenvalue weighted by Gasteiger charge is 2.09. The third-order valence-corrected chi connectivity index (χ3v) is 2.64. The molecule has 0 fully saturated rings. The molecule has 0 unspecified atom stereocenters. The van der Waals surface area contributed by atoms with Crippen molar-refractivity contribution in [3.8, 4) is 11.5 Å². The molecular weight excluding hydrogens is 244 g/mol. The zero-order valence-electron chi connectivity index (χ0n) is 10.9. The van der Waals surface area contributed by atoms with E-state index in [1.807, 2.05) is 12.1 Å². The van der Waals surface area contributed by atoms with E-state index in [1.165, 1.54) is 0 Å². The van der Waals surface area contributed by atoms with Crippen molar-refractivity contribution in [1.82, 2.24) is 10.2 Å². The lowest BCUT2D eigenvalue weighted by molar-refractivity contribution is 0.355. The van der Waals surface area contributed by atoms with Crippen molar-refractivity contribution < 1.29 is 9.47 Å². The van der Waals surface area contributed by atoms with Crippen LogP contribution in [-0.4, -0.2) is 24.4 Å². The van der Waals surface area contributed by atoms with Gasteiger partial charge in [0.15, 0.2) is 11.5 Å². The zero-order chi connectivity index (χ0) is 13.7. The number of nitrogens with two attached hydrogens (primary N) is 1. The molecule has 0 radical (unpaired) electrons. The summed E-state index contributed by atoms with van der Waals surface area (Å²) in [5.74, 6) is 1.23. The molecule has 0 amide bonds. The van der Waals surface area contributed by atoms with E-state index in [2.05, 4.69) is 15.5 Å². The molecule has 19 heavy (non-hydrogen) atoms. The molecule has 0 aliphatic rings. The van der Waals surface area contributed by atoms with Gasteiger partial charge in [-0.3, -0.25) is 0 Å². The molecule has 1 aromatic heterocycles. The normalized spacial score (nSPS) is 10.0. The van der Waals surface area contributed by atoms with Gasteiger partial charge in [-0.1, -0.05) is 0 Å². The molecular formula is C13H16N4O2. The minimum absolute atomic E-state index is 0.535. The molecule has 0 aliphatic carbocycles. The van der Waals surface area contributed by atoms with Crippen LogP contribution in [0, 0.1) is 0 Å². The molecule has 2 aromatic rings. The van der Waals surface area contributed by atoms with Crippen molar-refractivity contribution in [2.45, 2.75) is 6.54 Å². The molecule has 1 aromatic carbocycles. The third kappa shape index (κ3) is 3.04. The maximum absolute atomic E-state index is 5.95. The van der Waals surface area contributed by atoms with E-state index in [9.17, 15) is 0 Å². The quantitative estimate of drug-likeness (QED) is 0.796. The van der Waals surface area contributed by atoms with Crippen molar-refractivity contribution >= 4 is 11.4 Å². The number of benzene rings is 1. The Balaban J connectivity index is 2.16. The summed E-state index contributed by atoms with van der Waals surface area (Å²) in [6.07, 6.45) is 1.63. The molecule has 0 saturated carbocycles. The van der Waals surface area contributed by atoms with E-state index in [-0.39, 0.29) is 0 Å². The van der Waals surface area contributed by atoms with Gasteiger partial charge in [0.25, 0.3) is 0 Å². The van der Waals surface area contributed by atoms with Gasteiger partial charge in [-0.25, -0.2) is 0 Å². The average Bonchev–Trinajstić information content (AvgIpc) is 2.46. The fourth-order valence-electron chi connectivity index (χ4n) is 1.66. The first-order chi connectivity index (χ1) is 9.24. The maximum atomic E-state index is 5.95. The number of aromatic nitrogens is 2. The lowest BCUT2D eigenvalue weighted by Gasteiger charge is -2.13. The largest absolute Gasteiger partial charge is 0.493 e. The number of anilines is 2. The SMILES string of the molecule is COc1cc(N)c(NCc2cccnn2)cc1OC. The first-order valence-electron chi connectivity index (χ1n) is 5.76. The highest BCUT2D eigenvalue weighted by atomic mass is 16.5. The molecule has 6 heteroatoms. The Bertz CT molecular complexity index is 546. The van der Waals surface area contributed by atoms with Crippen molar-refractivity contribution in [3.63, 3.8) is 0 Å². The number of hydrogen-bond acceptors (Lipinski definition) is 6. The summed E-state index contributed by atoms with van der Waals surface area (Å²) >= 11 is 0. The predicted molar refractivity (Wildman–Crippen MR) is 73.3 cm³/mol. The summed E-state index contributed by atoms with van der Waals surface area (Å²) in [4.78, 5) is 0. The molecule has 0 saturated heterocycles. The second kappa shape index (κ2) is 5.90. The van der Waals surface area contributed by atoms with Crippen LogP contribution in [0.15, 0.2) is 30.5 Å². The summed E-state index contributed by atoms with van der Waals surface area (Å²) in [5, 5.41) is 11.0. The van der Waals surface area contributed by atoms with E-state index in [1.54, 1.807) is 32.5 Å². The molecule has 0 aliphatic heterocycles. The van der Waals surface area contributed by atoms with Crippen molar-refractivity contribution in [2.24, 2.45) is 0 Å². The number of rotatable bonds is 5. The second-order valence-electron chi connectivity index (χ2n) is 3.86. The van der Waals surface area contributed by atoms with E-state index in [4.69, 9.17) is 15.2 Å². The zero-order valence-corrected chi connectivity index (χ0v) is 10.9. The van der Waals surface area contributed by atoms with Crippen molar-refractivity contribution in [3.05, 3.63) is 36.2 Å². The molecule has 0 atom stereocenters. The molecule has 0 bridgehead atoms. The first kappa shape index (κ1) is 12.9. The van der Waals surface area contributed by atoms with Gasteiger partial charge in [0.1, 0.15) is 0 Å². The number of nitrogens with one attached hydrogen (secondary N) is 1. The van der Waals surface area contributed by atoms with Crippen LogP contribution in [0.2, 0.25) is 0 Å². The average molecular weight is 260 g/mol. The molecule has 100 valence electrons. The smallest absolute Gasteiger partial charge is 0.162 e. The Hall–Kier alpha value is -2.50. The lowest BCUT2D eigenvalue weighted by atomic mass is 10.2. The van der Waals surface area contributed by atoms with Crippen molar-refractivity contribution in [2.75, 3.05) is 25.3 Å². The van der Waals surface area contributed by atoms with Crippen LogP contribution in [0.4, 0.5) is 11.4 Å². The second-order valence-corrected chi connectivity index (χ2v) is 3.86. The highest BCUT2D eigenvalue weighted by Crippen LogP contribution is 2.34. The maximum Gasteiger partial charge on any atom is 0.162 e. The summed E-state index contributed by atoms with van der Waals surface area (Å²) in [7, 11) is 3.16. The fourth-order valence-corrected chi connectivity index (χ4v) is 1.66. The summed E-state index contributed by atoms with van der Waals surface area (Å²) in [5.41, 5.74) is 8.13. The topological polar surface area (TPSA) is 82.3 Å². The Labute approximate surface area is 111 Å². The van der Waals surface area contributed by atoms with E-state index in [0.29, 0.717) is 23.7 Å². The van der Waals surface area contributed by atoms with Crippen molar-refractivity contribution in [1.29, 1.82) is 0 Å². The van der Waals surface area contributed by atoms with E-state index < -0.39 is 0 Å². The molecule has 6 nitrogen and oxygen atoms in total. The van der Waals surface area contributed by atoms with Gasteiger partial charge >= 0.3 is 0 Å². The van der Waals surface area contributed by atoms with E-state index in [0.717, 1.165) is 11.4 Å². The first-order valence-corrected chi connectivity index (χ1v) is 5.76. The molecule has 1 heterocycles. The summed E-state index contributed by atoms with van der Waals surface area (Å²) < 4.78 is 10.4. The lowest BCUT2D eigenvalue weighted by Crippen LogP contribution is -2.05. The Morgan fingerprint density at radius 1 is 1.21 bits per heavy atom. The predicted octanol–water partition coefficient (Wildman–Crippen LogP) is 1.69. The molecule has 0 spiro atoms. The monoisotopic (exact) mass is 260 g/mol. The fraction of sp³-hybridized carbons (Fsp3) is 0.231. The number of methoxy groups -OCH3 is 2. The number of hydrogen-bond donors (Lipinski definition) is 2. The van der Waals surface area contributed by atoms with E-state index >= 15 is 0 Å². The standard InChI is InChI=1S/C13H16N4O2/c1-18-12-6-10(14)11(7-13(12)19-2)15-8-9-4-3-5-16-17-9/h3-7,15H,8,14H2,1-2H3. The van der Waals surface area contributed by atoms with Crippen LogP contribution in [0.25, 0.3) is 0 Å². The van der Waals surface area contributed by atoms with Gasteiger partial charge in [0.05, 0.1) is 37.8 Å². The third-order valence-electron chi connectivity index (χ3n) is 2.64. The minimum Gasteiger partial charge on any atom is -0.493 e. The van der Waals surface area contributed by atoms with Gasteiger partial charge in [0.2, 0.25) is 0 Å². The van der Waals surface area contributed by atoms with Crippen LogP contribution in [-0.2, 0) is 6.54 Å². The van der Waals surface area contributed by atoms with Crippen LogP contribution >= 0.6 is 0 Å². The van der Waals surface area contributed by atoms with Crippen LogP contribution in [0.5, 0.6) is 11.5 Å². The van der Waals surface area contributed by atoms with Gasteiger partial charge in [-0.05, 0) is 12.1 Å². The number of nitrogens with zero attached hydrogens (tertiary/aromatic N) is 2. The Morgan fingerprint density at radius 3 is 2.58 bits per heavy atom. The number of ether oxygens (including phenoxy) is 2. The Morgan fingerprint density at radius 2 is 1.95 bits per heavy atom. The van der Waals surface area contributed by atoms with Gasteiger partial charge in [0, 0.05) is 18.3 Å². The number of nitrogen functional groups attached to an aromatic ring is 1. The summed E-state index contributed by atoms with van der Waals surface area (Å²) in [6.45, 7) is 0.535. The van der Waals surface area contributed by atoms with Crippen LogP contribution < -0.4 is 20.5 Å². The highest BCUT2D eigenvalue weighted by molar-refractivity contribution is 5.72. The molecule has 3 N–H and O–H groups in total. The van der Waals surface area contributed by atoms with Gasteiger partial charge in [-0.15, -0.1) is 0 Å². The summed E-state index contributed by atoms with van der Waals surface area (Å²) in [6, 6.07) is 7.24. The van der Waals surface area contributed by atoms with Gasteiger partial charge in [-0.2, -0.15) is 10.2 Å². The Kier molecular flexibility index (Phi) is 4.02. The van der Waals surface area contributed by atoms with Crippen LogP contribution in [0.1, 0.15) is 5.69 Å². The van der Waals surface area contributed by atoms with Gasteiger partial charge < -0.3 is 20.5 Å². The molecule has 2 rings (SSSR count). The minimum atomic E-state index is 0.535.